The van der Waals surface area contributed by atoms with Gasteiger partial charge >= 0.3 is 0 Å². The molecule has 0 bridgehead atoms. The number of aryl methyl sites for hydroxylation is 2. The van der Waals surface area contributed by atoms with E-state index < -0.39 is 0 Å². The predicted octanol–water partition coefficient (Wildman–Crippen LogP) is 5.05. The van der Waals surface area contributed by atoms with Crippen LogP contribution in [0.1, 0.15) is 43.9 Å². The molecule has 1 atom stereocenters. The molecule has 15 heavy (non-hydrogen) atoms. The van der Waals surface area contributed by atoms with E-state index in [-0.39, 0.29) is 0 Å². The van der Waals surface area contributed by atoms with E-state index in [4.69, 9.17) is 0 Å². The fourth-order valence-electron chi connectivity index (χ4n) is 1.45. The summed E-state index contributed by atoms with van der Waals surface area (Å²) in [6.07, 6.45) is 3.60. The smallest absolute Gasteiger partial charge is 0.0197 e. The van der Waals surface area contributed by atoms with Gasteiger partial charge in [-0.2, -0.15) is 0 Å². The lowest BCUT2D eigenvalue weighted by Gasteiger charge is -2.25. The summed E-state index contributed by atoms with van der Waals surface area (Å²) in [4.78, 5) is 3.64. The molecule has 1 unspecified atom stereocenters. The van der Waals surface area contributed by atoms with E-state index in [1.54, 1.807) is 0 Å². The van der Waals surface area contributed by atoms with Gasteiger partial charge in [-0.25, -0.2) is 0 Å². The molecule has 0 fully saturated rings. The van der Waals surface area contributed by atoms with Crippen LogP contribution in [-0.2, 0) is 12.8 Å². The molecule has 1 aromatic rings. The van der Waals surface area contributed by atoms with Gasteiger partial charge < -0.3 is 0 Å². The van der Waals surface area contributed by atoms with Gasteiger partial charge in [0.25, 0.3) is 0 Å². The van der Waals surface area contributed by atoms with Gasteiger partial charge in [0, 0.05) is 14.6 Å². The Balaban J connectivity index is 2.43. The molecule has 0 radical (unpaired) electrons. The van der Waals surface area contributed by atoms with Crippen molar-refractivity contribution in [2.45, 2.75) is 51.8 Å². The van der Waals surface area contributed by atoms with E-state index in [1.807, 2.05) is 11.3 Å². The minimum absolute atomic E-state index is 0.366. The van der Waals surface area contributed by atoms with Crippen LogP contribution in [0.25, 0.3) is 0 Å². The van der Waals surface area contributed by atoms with Gasteiger partial charge in [0.2, 0.25) is 0 Å². The largest absolute Gasteiger partial charge is 0.145 e. The molecule has 0 N–H and O–H groups in total. The summed E-state index contributed by atoms with van der Waals surface area (Å²) in [6.45, 7) is 9.09. The maximum atomic E-state index is 3.78. The number of rotatable bonds is 4. The number of hydrogen-bond donors (Lipinski definition) is 0. The molecular weight excluding hydrogens is 268 g/mol. The highest BCUT2D eigenvalue weighted by atomic mass is 79.9. The van der Waals surface area contributed by atoms with Crippen LogP contribution < -0.4 is 0 Å². The third kappa shape index (κ3) is 4.28. The van der Waals surface area contributed by atoms with E-state index >= 15 is 0 Å². The zero-order chi connectivity index (χ0) is 11.5. The van der Waals surface area contributed by atoms with Gasteiger partial charge in [0.05, 0.1) is 0 Å². The zero-order valence-electron chi connectivity index (χ0n) is 10.1. The molecule has 0 aromatic carbocycles. The molecule has 2 heteroatoms. The van der Waals surface area contributed by atoms with Crippen molar-refractivity contribution in [1.82, 2.24) is 0 Å². The summed E-state index contributed by atoms with van der Waals surface area (Å²) < 4.78 is 0. The molecule has 1 rings (SSSR count). The van der Waals surface area contributed by atoms with E-state index in [9.17, 15) is 0 Å². The van der Waals surface area contributed by atoms with Crippen LogP contribution in [0.2, 0.25) is 0 Å². The van der Waals surface area contributed by atoms with Gasteiger partial charge in [-0.15, -0.1) is 11.3 Å². The molecule has 86 valence electrons. The molecule has 0 nitrogen and oxygen atoms in total. The van der Waals surface area contributed by atoms with Crippen LogP contribution in [-0.4, -0.2) is 4.83 Å². The van der Waals surface area contributed by atoms with Crippen LogP contribution in [0.15, 0.2) is 12.1 Å². The fourth-order valence-corrected chi connectivity index (χ4v) is 2.65. The molecule has 0 spiro atoms. The Bertz CT molecular complexity index is 296. The van der Waals surface area contributed by atoms with E-state index in [0.29, 0.717) is 10.2 Å². The highest BCUT2D eigenvalue weighted by molar-refractivity contribution is 9.09. The second-order valence-corrected chi connectivity index (χ2v) is 7.45. The van der Waals surface area contributed by atoms with Crippen molar-refractivity contribution in [3.05, 3.63) is 21.9 Å². The van der Waals surface area contributed by atoms with Gasteiger partial charge in [0.1, 0.15) is 0 Å². The van der Waals surface area contributed by atoms with Crippen molar-refractivity contribution < 1.29 is 0 Å². The summed E-state index contributed by atoms with van der Waals surface area (Å²) in [5.41, 5.74) is 0.366. The van der Waals surface area contributed by atoms with E-state index in [2.05, 4.69) is 55.8 Å². The first kappa shape index (κ1) is 13.2. The number of hydrogen-bond acceptors (Lipinski definition) is 1. The summed E-state index contributed by atoms with van der Waals surface area (Å²) in [6, 6.07) is 4.55. The molecule has 0 amide bonds. The predicted molar refractivity (Wildman–Crippen MR) is 74.2 cm³/mol. The lowest BCUT2D eigenvalue weighted by atomic mass is 9.89. The highest BCUT2D eigenvalue weighted by Gasteiger charge is 2.21. The Morgan fingerprint density at radius 2 is 1.87 bits per heavy atom. The standard InChI is InChI=1S/C13H21BrS/c1-5-10-6-7-11(15-10)8-9-12(14)13(2,3)4/h6-7,12H,5,8-9H2,1-4H3. The minimum Gasteiger partial charge on any atom is -0.145 e. The second-order valence-electron chi connectivity index (χ2n) is 5.09. The third-order valence-electron chi connectivity index (χ3n) is 2.65. The SMILES string of the molecule is CCc1ccc(CCC(Br)C(C)(C)C)s1. The second kappa shape index (κ2) is 5.49. The first-order valence-corrected chi connectivity index (χ1v) is 7.38. The van der Waals surface area contributed by atoms with Crippen molar-refractivity contribution in [3.8, 4) is 0 Å². The average Bonchev–Trinajstić information content (AvgIpc) is 2.60. The van der Waals surface area contributed by atoms with Crippen molar-refractivity contribution >= 4 is 27.3 Å². The Labute approximate surface area is 106 Å². The molecule has 0 saturated carbocycles. The average molecular weight is 289 g/mol. The summed E-state index contributed by atoms with van der Waals surface area (Å²) in [5, 5.41) is 0. The summed E-state index contributed by atoms with van der Waals surface area (Å²) >= 11 is 5.75. The molecule has 0 aliphatic heterocycles. The van der Waals surface area contributed by atoms with Crippen molar-refractivity contribution in [2.75, 3.05) is 0 Å². The van der Waals surface area contributed by atoms with Crippen molar-refractivity contribution in [1.29, 1.82) is 0 Å². The lowest BCUT2D eigenvalue weighted by Crippen LogP contribution is -2.20. The first-order valence-electron chi connectivity index (χ1n) is 5.65. The van der Waals surface area contributed by atoms with Crippen LogP contribution in [0.4, 0.5) is 0 Å². The Hall–Kier alpha value is 0.180. The topological polar surface area (TPSA) is 0 Å². The number of halogens is 1. The molecule has 1 heterocycles. The van der Waals surface area contributed by atoms with E-state index in [0.717, 1.165) is 0 Å². The first-order chi connectivity index (χ1) is 6.93. The van der Waals surface area contributed by atoms with Gasteiger partial charge in [-0.3, -0.25) is 0 Å². The van der Waals surface area contributed by atoms with Gasteiger partial charge in [-0.05, 0) is 36.8 Å². The zero-order valence-corrected chi connectivity index (χ0v) is 12.5. The Kier molecular flexibility index (Phi) is 4.85. The van der Waals surface area contributed by atoms with Crippen molar-refractivity contribution in [3.63, 3.8) is 0 Å². The number of thiophene rings is 1. The molecule has 0 aliphatic carbocycles. The number of alkyl halides is 1. The van der Waals surface area contributed by atoms with Crippen LogP contribution in [0.3, 0.4) is 0 Å². The van der Waals surface area contributed by atoms with Crippen LogP contribution in [0.5, 0.6) is 0 Å². The maximum absolute atomic E-state index is 3.78. The fraction of sp³-hybridized carbons (Fsp3) is 0.692. The normalized spacial score (nSPS) is 14.2. The molecule has 0 saturated heterocycles. The van der Waals surface area contributed by atoms with Gasteiger partial charge in [0.15, 0.2) is 0 Å². The van der Waals surface area contributed by atoms with Crippen LogP contribution in [0, 0.1) is 5.41 Å². The molecular formula is C13H21BrS. The van der Waals surface area contributed by atoms with Gasteiger partial charge in [-0.1, -0.05) is 43.6 Å². The quantitative estimate of drug-likeness (QED) is 0.680. The Morgan fingerprint density at radius 1 is 1.27 bits per heavy atom. The summed E-state index contributed by atoms with van der Waals surface area (Å²) in [5.74, 6) is 0. The van der Waals surface area contributed by atoms with Crippen molar-refractivity contribution in [2.24, 2.45) is 5.41 Å². The minimum atomic E-state index is 0.366. The monoisotopic (exact) mass is 288 g/mol. The third-order valence-corrected chi connectivity index (χ3v) is 5.77. The van der Waals surface area contributed by atoms with Crippen LogP contribution >= 0.6 is 27.3 Å². The maximum Gasteiger partial charge on any atom is 0.0197 e. The highest BCUT2D eigenvalue weighted by Crippen LogP contribution is 2.30. The molecule has 1 aromatic heterocycles. The molecule has 0 aliphatic rings. The van der Waals surface area contributed by atoms with E-state index in [1.165, 1.54) is 29.0 Å². The summed E-state index contributed by atoms with van der Waals surface area (Å²) in [7, 11) is 0. The Morgan fingerprint density at radius 3 is 2.33 bits per heavy atom. The lowest BCUT2D eigenvalue weighted by molar-refractivity contribution is 0.386.